The Morgan fingerprint density at radius 1 is 1.02 bits per heavy atom. The van der Waals surface area contributed by atoms with Crippen LogP contribution < -0.4 is 4.90 Å². The van der Waals surface area contributed by atoms with Crippen molar-refractivity contribution in [3.05, 3.63) is 76.6 Å². The number of hydrogen-bond donors (Lipinski definition) is 0. The maximum Gasteiger partial charge on any atom is 0.416 e. The summed E-state index contributed by atoms with van der Waals surface area (Å²) in [6.07, 6.45) is -3.41. The third-order valence-corrected chi connectivity index (χ3v) is 8.07. The minimum Gasteiger partial charge on any atom is -0.443 e. The average molecular weight is 626 g/mol. The number of benzene rings is 2. The highest BCUT2D eigenvalue weighted by Crippen LogP contribution is 2.36. The summed E-state index contributed by atoms with van der Waals surface area (Å²) in [6.45, 7) is 8.75. The molecular weight excluding hydrogens is 587 g/mol. The minimum atomic E-state index is -4.72. The van der Waals surface area contributed by atoms with E-state index in [0.717, 1.165) is 28.6 Å². The van der Waals surface area contributed by atoms with Crippen LogP contribution in [-0.2, 0) is 28.7 Å². The Morgan fingerprint density at radius 3 is 2.42 bits per heavy atom. The van der Waals surface area contributed by atoms with Gasteiger partial charge in [0, 0.05) is 31.2 Å². The molecule has 9 nitrogen and oxygen atoms in total. The zero-order chi connectivity index (χ0) is 32.7. The summed E-state index contributed by atoms with van der Waals surface area (Å²) in [5.74, 6) is -0.533. The third kappa shape index (κ3) is 6.99. The van der Waals surface area contributed by atoms with Crippen molar-refractivity contribution in [2.24, 2.45) is 0 Å². The quantitative estimate of drug-likeness (QED) is 0.301. The molecule has 240 valence electrons. The van der Waals surface area contributed by atoms with Gasteiger partial charge in [-0.3, -0.25) is 14.6 Å². The molecule has 0 radical (unpaired) electrons. The number of halogens is 3. The number of rotatable bonds is 6. The molecule has 0 N–H and O–H groups in total. The van der Waals surface area contributed by atoms with Gasteiger partial charge in [-0.1, -0.05) is 24.3 Å². The van der Waals surface area contributed by atoms with Gasteiger partial charge in [0.1, 0.15) is 5.60 Å². The van der Waals surface area contributed by atoms with Gasteiger partial charge in [0.15, 0.2) is 0 Å². The van der Waals surface area contributed by atoms with Gasteiger partial charge in [0.05, 0.1) is 29.2 Å². The van der Waals surface area contributed by atoms with E-state index in [1.54, 1.807) is 45.6 Å². The van der Waals surface area contributed by atoms with Crippen molar-refractivity contribution >= 4 is 23.7 Å². The van der Waals surface area contributed by atoms with Crippen LogP contribution in [0, 0.1) is 13.8 Å². The molecule has 2 aliphatic rings. The van der Waals surface area contributed by atoms with E-state index in [2.05, 4.69) is 5.10 Å². The van der Waals surface area contributed by atoms with E-state index < -0.39 is 41.9 Å². The van der Waals surface area contributed by atoms with Crippen LogP contribution in [0.15, 0.2) is 48.5 Å². The zero-order valence-electron chi connectivity index (χ0n) is 26.1. The molecule has 0 bridgehead atoms. The Labute approximate surface area is 260 Å². The number of anilines is 1. The molecule has 4 amide bonds. The Hall–Kier alpha value is -4.35. The van der Waals surface area contributed by atoms with Crippen LogP contribution in [0.25, 0.3) is 5.69 Å². The minimum absolute atomic E-state index is 0.0137. The van der Waals surface area contributed by atoms with Crippen LogP contribution in [0.2, 0.25) is 0 Å². The number of imide groups is 1. The van der Waals surface area contributed by atoms with Crippen molar-refractivity contribution in [1.82, 2.24) is 19.6 Å². The fraction of sp³-hybridized carbons (Fsp3) is 0.455. The fourth-order valence-corrected chi connectivity index (χ4v) is 6.00. The van der Waals surface area contributed by atoms with Gasteiger partial charge in [0.25, 0.3) is 0 Å². The van der Waals surface area contributed by atoms with Crippen LogP contribution >= 0.6 is 0 Å². The fourth-order valence-electron chi connectivity index (χ4n) is 6.00. The van der Waals surface area contributed by atoms with Crippen LogP contribution in [0.3, 0.4) is 0 Å². The van der Waals surface area contributed by atoms with Crippen molar-refractivity contribution in [3.63, 3.8) is 0 Å². The van der Waals surface area contributed by atoms with Gasteiger partial charge in [-0.2, -0.15) is 18.3 Å². The highest BCUT2D eigenvalue weighted by atomic mass is 19.4. The molecule has 3 heterocycles. The third-order valence-electron chi connectivity index (χ3n) is 8.07. The lowest BCUT2D eigenvalue weighted by Gasteiger charge is -2.40. The Kier molecular flexibility index (Phi) is 8.70. The highest BCUT2D eigenvalue weighted by Gasteiger charge is 2.39. The van der Waals surface area contributed by atoms with Crippen molar-refractivity contribution in [2.75, 3.05) is 18.0 Å². The monoisotopic (exact) mass is 625 g/mol. The topological polar surface area (TPSA) is 88.0 Å². The number of alkyl halides is 3. The maximum atomic E-state index is 14.2. The molecule has 0 aliphatic carbocycles. The molecule has 1 saturated heterocycles. The van der Waals surface area contributed by atoms with Gasteiger partial charge < -0.3 is 9.64 Å². The van der Waals surface area contributed by atoms with E-state index in [1.165, 1.54) is 21.7 Å². The SMILES string of the molecule is Cc1cc(C)n(-c2ccc(CN3C(=O)CCN(CCC4CCc5ccccc5N4C(=O)OC(C)(C)C)C3=O)c(C(F)(F)F)c2)n1. The summed E-state index contributed by atoms with van der Waals surface area (Å²) < 4.78 is 49.9. The molecule has 1 unspecified atom stereocenters. The van der Waals surface area contributed by atoms with E-state index in [1.807, 2.05) is 24.3 Å². The van der Waals surface area contributed by atoms with Gasteiger partial charge in [0.2, 0.25) is 5.91 Å². The Morgan fingerprint density at radius 2 is 1.76 bits per heavy atom. The first-order valence-corrected chi connectivity index (χ1v) is 15.1. The number of fused-ring (bicyclic) bond motifs is 1. The summed E-state index contributed by atoms with van der Waals surface area (Å²) in [6, 6.07) is 12.3. The van der Waals surface area contributed by atoms with E-state index >= 15 is 0 Å². The molecule has 0 saturated carbocycles. The van der Waals surface area contributed by atoms with Gasteiger partial charge in [-0.05, 0) is 89.3 Å². The number of hydrogen-bond acceptors (Lipinski definition) is 5. The predicted molar refractivity (Wildman–Crippen MR) is 162 cm³/mol. The first-order chi connectivity index (χ1) is 21.1. The number of aromatic nitrogens is 2. The lowest BCUT2D eigenvalue weighted by molar-refractivity contribution is -0.139. The average Bonchev–Trinajstić information content (AvgIpc) is 3.30. The van der Waals surface area contributed by atoms with E-state index in [4.69, 9.17) is 4.74 Å². The van der Waals surface area contributed by atoms with E-state index in [9.17, 15) is 27.6 Å². The standard InChI is InChI=1S/C33H38F3N5O4/c1-21-18-22(2)41(37-21)26-13-11-24(27(19-26)33(34,35)36)20-39-29(42)15-17-38(30(39)43)16-14-25-12-10-23-8-6-7-9-28(23)40(25)31(44)45-32(3,4)5/h6-9,11,13,18-19,25H,10,12,14-17,20H2,1-5H3. The Bertz CT molecular complexity index is 1610. The van der Waals surface area contributed by atoms with E-state index in [0.29, 0.717) is 24.2 Å². The molecule has 2 aromatic carbocycles. The second-order valence-electron chi connectivity index (χ2n) is 12.6. The molecule has 2 aliphatic heterocycles. The lowest BCUT2D eigenvalue weighted by atomic mass is 9.94. The highest BCUT2D eigenvalue weighted by molar-refractivity contribution is 5.97. The van der Waals surface area contributed by atoms with Crippen molar-refractivity contribution < 1.29 is 32.3 Å². The molecule has 45 heavy (non-hydrogen) atoms. The zero-order valence-corrected chi connectivity index (χ0v) is 26.1. The number of aryl methyl sites for hydroxylation is 3. The first-order valence-electron chi connectivity index (χ1n) is 15.1. The van der Waals surface area contributed by atoms with E-state index in [-0.39, 0.29) is 36.8 Å². The molecular formula is C33H38F3N5O4. The molecule has 0 spiro atoms. The summed E-state index contributed by atoms with van der Waals surface area (Å²) >= 11 is 0. The smallest absolute Gasteiger partial charge is 0.416 e. The van der Waals surface area contributed by atoms with Crippen LogP contribution in [0.5, 0.6) is 0 Å². The molecule has 3 aromatic rings. The number of para-hydroxylation sites is 1. The normalized spacial score (nSPS) is 17.5. The van der Waals surface area contributed by atoms with Crippen LogP contribution in [0.1, 0.15) is 68.1 Å². The largest absolute Gasteiger partial charge is 0.443 e. The second-order valence-corrected chi connectivity index (χ2v) is 12.6. The summed E-state index contributed by atoms with van der Waals surface area (Å²) in [4.78, 5) is 43.8. The maximum absolute atomic E-state index is 14.2. The summed E-state index contributed by atoms with van der Waals surface area (Å²) in [7, 11) is 0. The van der Waals surface area contributed by atoms with Gasteiger partial charge >= 0.3 is 18.3 Å². The van der Waals surface area contributed by atoms with Crippen LogP contribution in [0.4, 0.5) is 28.4 Å². The number of ether oxygens (including phenoxy) is 1. The van der Waals surface area contributed by atoms with Crippen molar-refractivity contribution in [2.45, 2.75) is 84.7 Å². The molecule has 5 rings (SSSR count). The van der Waals surface area contributed by atoms with Crippen molar-refractivity contribution in [1.29, 1.82) is 0 Å². The van der Waals surface area contributed by atoms with Crippen LogP contribution in [-0.4, -0.2) is 62.3 Å². The number of urea groups is 1. The predicted octanol–water partition coefficient (Wildman–Crippen LogP) is 6.81. The first kappa shape index (κ1) is 32.1. The molecule has 1 fully saturated rings. The number of carbonyl (C=O) groups excluding carboxylic acids is 3. The molecule has 1 atom stereocenters. The number of nitrogens with zero attached hydrogens (tertiary/aromatic N) is 5. The lowest BCUT2D eigenvalue weighted by Crippen LogP contribution is -2.53. The Balaban J connectivity index is 1.34. The summed E-state index contributed by atoms with van der Waals surface area (Å²) in [5, 5.41) is 4.28. The second kappa shape index (κ2) is 12.2. The number of amides is 4. The summed E-state index contributed by atoms with van der Waals surface area (Å²) in [5.41, 5.74) is 1.54. The molecule has 12 heteroatoms. The van der Waals surface area contributed by atoms with Gasteiger partial charge in [-0.25, -0.2) is 14.3 Å². The van der Waals surface area contributed by atoms with Gasteiger partial charge in [-0.15, -0.1) is 0 Å². The molecule has 1 aromatic heterocycles. The van der Waals surface area contributed by atoms with Crippen molar-refractivity contribution in [3.8, 4) is 5.69 Å². The number of carbonyl (C=O) groups is 3.